The maximum absolute atomic E-state index is 12.3. The van der Waals surface area contributed by atoms with E-state index in [1.165, 1.54) is 12.1 Å². The van der Waals surface area contributed by atoms with Crippen LogP contribution in [0.4, 0.5) is 0 Å². The Bertz CT molecular complexity index is 1190. The molecule has 0 spiro atoms. The lowest BCUT2D eigenvalue weighted by molar-refractivity contribution is -0.308. The van der Waals surface area contributed by atoms with Crippen molar-refractivity contribution in [3.63, 3.8) is 0 Å². The topological polar surface area (TPSA) is 172 Å². The zero-order chi connectivity index (χ0) is 28.9. The van der Waals surface area contributed by atoms with E-state index in [1.807, 2.05) is 0 Å². The van der Waals surface area contributed by atoms with E-state index in [9.17, 15) is 35.1 Å². The Morgan fingerprint density at radius 3 is 2.40 bits per heavy atom. The normalized spacial score (nSPS) is 39.4. The van der Waals surface area contributed by atoms with Gasteiger partial charge in [-0.15, -0.1) is 0 Å². The number of benzene rings is 1. The van der Waals surface area contributed by atoms with E-state index in [-0.39, 0.29) is 30.1 Å². The monoisotopic (exact) mass is 558 g/mol. The van der Waals surface area contributed by atoms with Crippen molar-refractivity contribution in [2.45, 2.75) is 68.3 Å². The summed E-state index contributed by atoms with van der Waals surface area (Å²) >= 11 is 0. The van der Waals surface area contributed by atoms with Gasteiger partial charge in [-0.2, -0.15) is 0 Å². The molecule has 0 bridgehead atoms. The molecule has 0 unspecified atom stereocenters. The van der Waals surface area contributed by atoms with Crippen LogP contribution in [0.15, 0.2) is 60.7 Å². The molecule has 2 saturated carbocycles. The molecule has 4 fully saturated rings. The number of phenols is 1. The molecule has 1 aromatic carbocycles. The molecule has 2 aliphatic heterocycles. The molecule has 5 N–H and O–H groups in total. The maximum Gasteiger partial charge on any atom is 0.334 e. The Morgan fingerprint density at radius 2 is 1.70 bits per heavy atom. The number of aliphatic hydroxyl groups excluding tert-OH is 4. The first-order valence-corrected chi connectivity index (χ1v) is 13.2. The van der Waals surface area contributed by atoms with Gasteiger partial charge in [-0.05, 0) is 42.0 Å². The van der Waals surface area contributed by atoms with Crippen molar-refractivity contribution < 1.29 is 54.1 Å². The molecule has 0 amide bonds. The summed E-state index contributed by atoms with van der Waals surface area (Å²) in [5.41, 5.74) is 2.12. The van der Waals surface area contributed by atoms with E-state index in [4.69, 9.17) is 18.9 Å². The third-order valence-electron chi connectivity index (χ3n) is 8.43. The summed E-state index contributed by atoms with van der Waals surface area (Å²) in [4.78, 5) is 24.6. The van der Waals surface area contributed by atoms with Crippen LogP contribution in [0.5, 0.6) is 5.75 Å². The van der Waals surface area contributed by atoms with Crippen molar-refractivity contribution in [3.05, 3.63) is 66.3 Å². The van der Waals surface area contributed by atoms with Crippen LogP contribution >= 0.6 is 0 Å². The van der Waals surface area contributed by atoms with Crippen molar-refractivity contribution in [1.82, 2.24) is 0 Å². The number of hydrogen-bond acceptors (Lipinski definition) is 11. The molecule has 0 aromatic heterocycles. The summed E-state index contributed by atoms with van der Waals surface area (Å²) in [7, 11) is 0. The second kappa shape index (κ2) is 11.1. The molecule has 216 valence electrons. The predicted molar refractivity (Wildman–Crippen MR) is 137 cm³/mol. The van der Waals surface area contributed by atoms with Crippen LogP contribution in [0.2, 0.25) is 0 Å². The number of phenolic OH excluding ortho intramolecular Hbond substituents is 1. The number of rotatable bonds is 6. The van der Waals surface area contributed by atoms with Crippen LogP contribution in [0, 0.1) is 17.8 Å². The lowest BCUT2D eigenvalue weighted by Gasteiger charge is -2.41. The van der Waals surface area contributed by atoms with Gasteiger partial charge in [0, 0.05) is 11.5 Å². The summed E-state index contributed by atoms with van der Waals surface area (Å²) < 4.78 is 22.7. The number of ether oxygens (including phenoxy) is 4. The summed E-state index contributed by atoms with van der Waals surface area (Å²) in [6.07, 6.45) is -9.11. The second-order valence-electron chi connectivity index (χ2n) is 11.0. The molecular weight excluding hydrogens is 524 g/mol. The fraction of sp³-hybridized carbons (Fsp3) is 0.517. The lowest BCUT2D eigenvalue weighted by Crippen LogP contribution is -2.60. The van der Waals surface area contributed by atoms with Crippen LogP contribution in [0.3, 0.4) is 0 Å². The summed E-state index contributed by atoms with van der Waals surface area (Å²) in [6.45, 7) is 11.7. The number of aliphatic hydroxyl groups is 4. The van der Waals surface area contributed by atoms with Crippen molar-refractivity contribution in [2.75, 3.05) is 6.61 Å². The van der Waals surface area contributed by atoms with Gasteiger partial charge in [-0.25, -0.2) is 4.79 Å². The third-order valence-corrected chi connectivity index (χ3v) is 8.43. The Balaban J connectivity index is 1.25. The van der Waals surface area contributed by atoms with Gasteiger partial charge in [0.25, 0.3) is 0 Å². The number of carbonyl (C=O) groups excluding carboxylic acids is 2. The van der Waals surface area contributed by atoms with Crippen LogP contribution in [-0.2, 0) is 35.0 Å². The second-order valence-corrected chi connectivity index (χ2v) is 11.0. The molecule has 2 heterocycles. The van der Waals surface area contributed by atoms with Crippen molar-refractivity contribution >= 4 is 11.9 Å². The van der Waals surface area contributed by atoms with E-state index >= 15 is 0 Å². The van der Waals surface area contributed by atoms with E-state index in [0.29, 0.717) is 17.6 Å². The maximum atomic E-state index is 12.3. The van der Waals surface area contributed by atoms with Gasteiger partial charge in [-0.1, -0.05) is 37.4 Å². The SMILES string of the molecule is C=C1C(=O)O[C@H]2[C@H]3C(=C)[C@@H](O[C@@H]4O[C@@H](COC(=O)Cc5ccc(O)cc5)[C@@H](O)[C@H](O)[C@H]4O)C[C@H]3C(=C)C[C@H](O)[C@@H]12. The van der Waals surface area contributed by atoms with Crippen LogP contribution < -0.4 is 0 Å². The van der Waals surface area contributed by atoms with E-state index in [1.54, 1.807) is 12.1 Å². The minimum atomic E-state index is -1.65. The fourth-order valence-corrected chi connectivity index (χ4v) is 6.24. The van der Waals surface area contributed by atoms with Gasteiger partial charge in [0.2, 0.25) is 0 Å². The zero-order valence-electron chi connectivity index (χ0n) is 21.8. The average molecular weight is 559 g/mol. The number of aromatic hydroxyl groups is 1. The molecule has 2 aliphatic carbocycles. The standard InChI is InChI=1S/C29H34O11/c1-12-8-18(31)23-14(3)28(36)40-27(23)22-13(2)19(10-17(12)22)38-29-26(35)25(34)24(33)20(39-29)11-37-21(32)9-15-4-6-16(30)7-5-15/h4-7,17-20,22-27,29-31,33-35H,1-3,8-11H2/t17-,18-,19-,20-,22-,23+,24+,25-,26+,27-,29+/m0/s1. The zero-order valence-corrected chi connectivity index (χ0v) is 21.8. The van der Waals surface area contributed by atoms with Gasteiger partial charge in [0.15, 0.2) is 6.29 Å². The summed E-state index contributed by atoms with van der Waals surface area (Å²) in [6, 6.07) is 6.02. The van der Waals surface area contributed by atoms with Crippen molar-refractivity contribution in [2.24, 2.45) is 17.8 Å². The third kappa shape index (κ3) is 5.20. The molecule has 11 nitrogen and oxygen atoms in total. The number of carbonyl (C=O) groups is 2. The van der Waals surface area contributed by atoms with Crippen molar-refractivity contribution in [1.29, 1.82) is 0 Å². The first-order chi connectivity index (χ1) is 19.0. The number of esters is 2. The highest BCUT2D eigenvalue weighted by Gasteiger charge is 2.57. The molecule has 40 heavy (non-hydrogen) atoms. The first-order valence-electron chi connectivity index (χ1n) is 13.2. The average Bonchev–Trinajstić information content (AvgIpc) is 3.36. The Kier molecular flexibility index (Phi) is 7.88. The molecule has 5 rings (SSSR count). The largest absolute Gasteiger partial charge is 0.508 e. The quantitative estimate of drug-likeness (QED) is 0.184. The van der Waals surface area contributed by atoms with Crippen LogP contribution in [-0.4, -0.2) is 93.1 Å². The van der Waals surface area contributed by atoms with E-state index < -0.39 is 79.4 Å². The Labute approximate surface area is 230 Å². The van der Waals surface area contributed by atoms with Crippen LogP contribution in [0.1, 0.15) is 18.4 Å². The Hall–Kier alpha value is -3.06. The van der Waals surface area contributed by atoms with Crippen LogP contribution in [0.25, 0.3) is 0 Å². The smallest absolute Gasteiger partial charge is 0.334 e. The Morgan fingerprint density at radius 1 is 1.00 bits per heavy atom. The van der Waals surface area contributed by atoms with Crippen molar-refractivity contribution in [3.8, 4) is 5.75 Å². The molecule has 11 heteroatoms. The highest BCUT2D eigenvalue weighted by Crippen LogP contribution is 2.53. The van der Waals surface area contributed by atoms with Gasteiger partial charge >= 0.3 is 11.9 Å². The highest BCUT2D eigenvalue weighted by atomic mass is 16.7. The summed E-state index contributed by atoms with van der Waals surface area (Å²) in [5, 5.41) is 51.7. The van der Waals surface area contributed by atoms with Gasteiger partial charge in [0.05, 0.1) is 24.5 Å². The van der Waals surface area contributed by atoms with E-state index in [2.05, 4.69) is 19.7 Å². The summed E-state index contributed by atoms with van der Waals surface area (Å²) in [5.74, 6) is -2.37. The minimum Gasteiger partial charge on any atom is -0.508 e. The van der Waals surface area contributed by atoms with Gasteiger partial charge in [0.1, 0.15) is 42.9 Å². The lowest BCUT2D eigenvalue weighted by atomic mass is 9.81. The highest BCUT2D eigenvalue weighted by molar-refractivity contribution is 5.91. The number of fused-ring (bicyclic) bond motifs is 3. The molecule has 4 aliphatic rings. The van der Waals surface area contributed by atoms with Gasteiger partial charge in [-0.3, -0.25) is 4.79 Å². The molecule has 1 aromatic rings. The molecule has 2 saturated heterocycles. The number of hydrogen-bond donors (Lipinski definition) is 5. The molecule has 11 atom stereocenters. The van der Waals surface area contributed by atoms with E-state index in [0.717, 1.165) is 5.57 Å². The first kappa shape index (κ1) is 28.5. The molecular formula is C29H34O11. The predicted octanol–water partition coefficient (Wildman–Crippen LogP) is 0.282. The minimum absolute atomic E-state index is 0.0608. The fourth-order valence-electron chi connectivity index (χ4n) is 6.24. The van der Waals surface area contributed by atoms with Gasteiger partial charge < -0.3 is 44.5 Å². The molecule has 0 radical (unpaired) electrons.